The first-order valence-electron chi connectivity index (χ1n) is 7.92. The summed E-state index contributed by atoms with van der Waals surface area (Å²) in [5.41, 5.74) is 0. The van der Waals surface area contributed by atoms with Gasteiger partial charge in [-0.1, -0.05) is 19.3 Å². The Hall–Kier alpha value is -0.650. The normalized spacial score (nSPS) is 29.5. The number of β-amino-alcohol motifs (C(OH)–C–C–N with tert-alkyl or cyclic N) is 1. The Kier molecular flexibility index (Phi) is 5.81. The van der Waals surface area contributed by atoms with Gasteiger partial charge in [-0.05, 0) is 40.0 Å². The second kappa shape index (κ2) is 7.38. The van der Waals surface area contributed by atoms with Gasteiger partial charge >= 0.3 is 0 Å². The largest absolute Gasteiger partial charge is 0.390 e. The van der Waals surface area contributed by atoms with Gasteiger partial charge in [-0.3, -0.25) is 9.69 Å². The minimum Gasteiger partial charge on any atom is -0.390 e. The van der Waals surface area contributed by atoms with E-state index >= 15 is 0 Å². The van der Waals surface area contributed by atoms with Crippen LogP contribution in [0.1, 0.15) is 32.1 Å². The summed E-state index contributed by atoms with van der Waals surface area (Å²) in [5.74, 6) is 0.175. The number of likely N-dealkylation sites (N-methyl/N-ethyl adjacent to an activating group) is 1. The van der Waals surface area contributed by atoms with E-state index in [9.17, 15) is 9.90 Å². The second-order valence-electron chi connectivity index (χ2n) is 6.44. The van der Waals surface area contributed by atoms with Crippen LogP contribution in [0.2, 0.25) is 0 Å². The minimum absolute atomic E-state index is 0.0753. The molecule has 2 aliphatic rings. The molecular formula is C15H29N3O2. The molecule has 116 valence electrons. The zero-order valence-electron chi connectivity index (χ0n) is 12.9. The molecule has 1 amide bonds. The number of hydrogen-bond acceptors (Lipinski definition) is 4. The number of hydrogen-bond donors (Lipinski definition) is 1. The number of aliphatic hydroxyl groups is 1. The first-order chi connectivity index (χ1) is 9.58. The summed E-state index contributed by atoms with van der Waals surface area (Å²) < 4.78 is 0. The highest BCUT2D eigenvalue weighted by molar-refractivity contribution is 5.78. The molecule has 2 atom stereocenters. The molecule has 0 unspecified atom stereocenters. The van der Waals surface area contributed by atoms with Crippen molar-refractivity contribution in [3.63, 3.8) is 0 Å². The number of carbonyl (C=O) groups is 1. The highest BCUT2D eigenvalue weighted by atomic mass is 16.3. The summed E-state index contributed by atoms with van der Waals surface area (Å²) in [6, 6.07) is 0.0753. The summed E-state index contributed by atoms with van der Waals surface area (Å²) in [6.45, 7) is 3.74. The predicted octanol–water partition coefficient (Wildman–Crippen LogP) is 0.386. The average Bonchev–Trinajstić information content (AvgIpc) is 2.74. The number of aliphatic hydroxyl groups excluding tert-OH is 1. The van der Waals surface area contributed by atoms with Crippen molar-refractivity contribution in [2.24, 2.45) is 0 Å². The zero-order valence-corrected chi connectivity index (χ0v) is 12.9. The van der Waals surface area contributed by atoms with Crippen LogP contribution in [0.5, 0.6) is 0 Å². The van der Waals surface area contributed by atoms with Crippen LogP contribution in [-0.4, -0.2) is 84.7 Å². The number of carbonyl (C=O) groups excluding carboxylic acids is 1. The molecule has 2 heterocycles. The van der Waals surface area contributed by atoms with Gasteiger partial charge in [0.05, 0.1) is 18.7 Å². The molecule has 0 radical (unpaired) electrons. The molecule has 5 heteroatoms. The fourth-order valence-corrected chi connectivity index (χ4v) is 3.24. The van der Waals surface area contributed by atoms with Crippen molar-refractivity contribution in [2.45, 2.75) is 44.2 Å². The number of amides is 1. The minimum atomic E-state index is -0.415. The zero-order chi connectivity index (χ0) is 14.5. The molecule has 20 heavy (non-hydrogen) atoms. The van der Waals surface area contributed by atoms with Crippen molar-refractivity contribution in [2.75, 3.05) is 46.8 Å². The number of rotatable bonds is 3. The lowest BCUT2D eigenvalue weighted by Crippen LogP contribution is -2.41. The number of likely N-dealkylation sites (tertiary alicyclic amines) is 2. The third-order valence-electron chi connectivity index (χ3n) is 4.58. The monoisotopic (exact) mass is 283 g/mol. The van der Waals surface area contributed by atoms with Gasteiger partial charge in [0, 0.05) is 13.1 Å². The first kappa shape index (κ1) is 15.7. The fraction of sp³-hybridized carbons (Fsp3) is 0.933. The van der Waals surface area contributed by atoms with Crippen LogP contribution in [0.25, 0.3) is 0 Å². The maximum absolute atomic E-state index is 12.4. The van der Waals surface area contributed by atoms with E-state index in [0.717, 1.165) is 13.1 Å². The lowest BCUT2D eigenvalue weighted by Gasteiger charge is -2.26. The summed E-state index contributed by atoms with van der Waals surface area (Å²) in [6.07, 6.45) is 5.91. The predicted molar refractivity (Wildman–Crippen MR) is 79.6 cm³/mol. The second-order valence-corrected chi connectivity index (χ2v) is 6.44. The average molecular weight is 283 g/mol. The van der Waals surface area contributed by atoms with Crippen LogP contribution in [0.15, 0.2) is 0 Å². The smallest absolute Gasteiger partial charge is 0.236 e. The van der Waals surface area contributed by atoms with Crippen LogP contribution in [-0.2, 0) is 4.79 Å². The van der Waals surface area contributed by atoms with Crippen LogP contribution in [0.4, 0.5) is 0 Å². The molecule has 0 aromatic carbocycles. The molecule has 0 aromatic rings. The van der Waals surface area contributed by atoms with Gasteiger partial charge < -0.3 is 14.9 Å². The molecule has 0 aliphatic carbocycles. The van der Waals surface area contributed by atoms with Gasteiger partial charge in [0.1, 0.15) is 0 Å². The number of nitrogens with zero attached hydrogens (tertiary/aromatic N) is 3. The van der Waals surface area contributed by atoms with Gasteiger partial charge in [0.2, 0.25) is 5.91 Å². The molecule has 1 N–H and O–H groups in total. The van der Waals surface area contributed by atoms with Crippen LogP contribution < -0.4 is 0 Å². The highest BCUT2D eigenvalue weighted by Crippen LogP contribution is 2.15. The van der Waals surface area contributed by atoms with E-state index in [-0.39, 0.29) is 11.9 Å². The van der Waals surface area contributed by atoms with E-state index in [1.54, 1.807) is 0 Å². The molecule has 0 bridgehead atoms. The quantitative estimate of drug-likeness (QED) is 0.814. The van der Waals surface area contributed by atoms with Crippen molar-refractivity contribution >= 4 is 5.91 Å². The summed E-state index contributed by atoms with van der Waals surface area (Å²) >= 11 is 0. The molecule has 2 saturated heterocycles. The molecule has 2 aliphatic heterocycles. The van der Waals surface area contributed by atoms with E-state index < -0.39 is 6.10 Å². The Labute approximate surface area is 122 Å². The summed E-state index contributed by atoms with van der Waals surface area (Å²) in [4.78, 5) is 18.5. The van der Waals surface area contributed by atoms with Gasteiger partial charge in [0.15, 0.2) is 0 Å². The molecule has 0 spiro atoms. The van der Waals surface area contributed by atoms with Crippen LogP contribution in [0.3, 0.4) is 0 Å². The van der Waals surface area contributed by atoms with Gasteiger partial charge in [-0.25, -0.2) is 0 Å². The molecular weight excluding hydrogens is 254 g/mol. The van der Waals surface area contributed by atoms with Gasteiger partial charge in [0.25, 0.3) is 0 Å². The molecule has 2 fully saturated rings. The van der Waals surface area contributed by atoms with Crippen molar-refractivity contribution in [3.05, 3.63) is 0 Å². The maximum Gasteiger partial charge on any atom is 0.236 e. The third kappa shape index (κ3) is 4.17. The highest BCUT2D eigenvalue weighted by Gasteiger charge is 2.35. The SMILES string of the molecule is CN(C)[C@H]1CN(C(=O)CN2CCCCCCC2)C[C@@H]1O. The van der Waals surface area contributed by atoms with Crippen molar-refractivity contribution in [1.29, 1.82) is 0 Å². The first-order valence-corrected chi connectivity index (χ1v) is 7.92. The van der Waals surface area contributed by atoms with Crippen molar-refractivity contribution in [3.8, 4) is 0 Å². The van der Waals surface area contributed by atoms with Crippen LogP contribution in [0, 0.1) is 0 Å². The molecule has 0 aromatic heterocycles. The van der Waals surface area contributed by atoms with Crippen molar-refractivity contribution < 1.29 is 9.90 Å². The maximum atomic E-state index is 12.4. The van der Waals surface area contributed by atoms with Crippen molar-refractivity contribution in [1.82, 2.24) is 14.7 Å². The lowest BCUT2D eigenvalue weighted by atomic mass is 10.1. The van der Waals surface area contributed by atoms with E-state index in [1.165, 1.54) is 32.1 Å². The molecule has 2 rings (SSSR count). The van der Waals surface area contributed by atoms with E-state index in [1.807, 2.05) is 23.9 Å². The summed E-state index contributed by atoms with van der Waals surface area (Å²) in [5, 5.41) is 10.0. The molecule has 5 nitrogen and oxygen atoms in total. The Balaban J connectivity index is 1.82. The Morgan fingerprint density at radius 3 is 2.25 bits per heavy atom. The van der Waals surface area contributed by atoms with Crippen LogP contribution >= 0.6 is 0 Å². The fourth-order valence-electron chi connectivity index (χ4n) is 3.24. The Bertz CT molecular complexity index is 314. The van der Waals surface area contributed by atoms with E-state index in [2.05, 4.69) is 4.90 Å². The lowest BCUT2D eigenvalue weighted by molar-refractivity contribution is -0.131. The van der Waals surface area contributed by atoms with E-state index in [0.29, 0.717) is 19.6 Å². The molecule has 0 saturated carbocycles. The summed E-state index contributed by atoms with van der Waals surface area (Å²) in [7, 11) is 3.92. The third-order valence-corrected chi connectivity index (χ3v) is 4.58. The van der Waals surface area contributed by atoms with Gasteiger partial charge in [-0.2, -0.15) is 0 Å². The Morgan fingerprint density at radius 2 is 1.70 bits per heavy atom. The topological polar surface area (TPSA) is 47.0 Å². The Morgan fingerprint density at radius 1 is 1.10 bits per heavy atom. The van der Waals surface area contributed by atoms with E-state index in [4.69, 9.17) is 0 Å². The standard InChI is InChI=1S/C15H29N3O2/c1-16(2)13-10-18(11-14(13)19)15(20)12-17-8-6-4-3-5-7-9-17/h13-14,19H,3-12H2,1-2H3/t13-,14-/m0/s1. The van der Waals surface area contributed by atoms with Gasteiger partial charge in [-0.15, -0.1) is 0 Å².